The summed E-state index contributed by atoms with van der Waals surface area (Å²) >= 11 is 0. The predicted octanol–water partition coefficient (Wildman–Crippen LogP) is 16.1. The van der Waals surface area contributed by atoms with Crippen molar-refractivity contribution in [2.75, 3.05) is 0 Å². The Kier molecular flexibility index (Phi) is 8.14. The van der Waals surface area contributed by atoms with E-state index in [4.69, 9.17) is 19.4 Å². The van der Waals surface area contributed by atoms with Crippen LogP contribution in [0, 0.1) is 0 Å². The van der Waals surface area contributed by atoms with E-state index in [1.807, 2.05) is 0 Å². The van der Waals surface area contributed by atoms with Crippen LogP contribution in [0.3, 0.4) is 0 Å². The molecule has 11 aromatic carbocycles. The first-order valence-corrected chi connectivity index (χ1v) is 22.8. The minimum atomic E-state index is 0.189. The third kappa shape index (κ3) is 5.88. The van der Waals surface area contributed by atoms with Gasteiger partial charge in [0.05, 0.1) is 0 Å². The Labute approximate surface area is 380 Å². The summed E-state index contributed by atoms with van der Waals surface area (Å²) in [5, 5.41) is 14.0. The number of hydrogen-bond donors (Lipinski definition) is 0. The summed E-state index contributed by atoms with van der Waals surface area (Å²) in [4.78, 5) is 16.3. The van der Waals surface area contributed by atoms with E-state index >= 15 is 0 Å². The zero-order chi connectivity index (χ0) is 43.3. The summed E-state index contributed by atoms with van der Waals surface area (Å²) in [6.07, 6.45) is 1.68. The fourth-order valence-corrected chi connectivity index (χ4v) is 10.9. The van der Waals surface area contributed by atoms with Gasteiger partial charge >= 0.3 is 0 Å². The molecule has 0 radical (unpaired) electrons. The summed E-state index contributed by atoms with van der Waals surface area (Å²) in [7, 11) is 0. The smallest absolute Gasteiger partial charge is 0.164 e. The average molecular weight is 842 g/mol. The van der Waals surface area contributed by atoms with Crippen LogP contribution < -0.4 is 0 Å². The molecule has 14 rings (SSSR count). The van der Waals surface area contributed by atoms with E-state index in [1.165, 1.54) is 54.6 Å². The molecule has 66 heavy (non-hydrogen) atoms. The van der Waals surface area contributed by atoms with Crippen LogP contribution in [-0.4, -0.2) is 15.0 Å². The number of para-hydroxylation sites is 1. The molecule has 0 bridgehead atoms. The van der Waals surface area contributed by atoms with Gasteiger partial charge in [-0.2, -0.15) is 0 Å². The Morgan fingerprint density at radius 2 is 0.939 bits per heavy atom. The lowest BCUT2D eigenvalue weighted by Gasteiger charge is -2.29. The van der Waals surface area contributed by atoms with Crippen LogP contribution in [-0.2, 0) is 12.8 Å². The molecule has 4 nitrogen and oxygen atoms in total. The highest BCUT2D eigenvalue weighted by molar-refractivity contribution is 6.13. The van der Waals surface area contributed by atoms with Gasteiger partial charge in [0, 0.05) is 27.5 Å². The SMILES string of the molecule is c1ccc2cc3c(cc2c1)CC(Cc1cc(-c2nc(-c4cccc5ccccc45)nc(-c4cc5ccccc5c5ccccc45)n2)cc2c1oc1ccccc12)c1cc2ccccc2cc1-3. The third-order valence-corrected chi connectivity index (χ3v) is 14.0. The van der Waals surface area contributed by atoms with Gasteiger partial charge in [0.2, 0.25) is 0 Å². The first kappa shape index (κ1) is 37.0. The molecule has 0 spiro atoms. The summed E-state index contributed by atoms with van der Waals surface area (Å²) in [6.45, 7) is 0. The maximum Gasteiger partial charge on any atom is 0.164 e. The zero-order valence-electron chi connectivity index (χ0n) is 35.9. The van der Waals surface area contributed by atoms with Crippen molar-refractivity contribution in [3.63, 3.8) is 0 Å². The summed E-state index contributed by atoms with van der Waals surface area (Å²) in [5.74, 6) is 2.09. The second-order valence-corrected chi connectivity index (χ2v) is 17.9. The fourth-order valence-electron chi connectivity index (χ4n) is 10.9. The number of benzene rings is 11. The number of rotatable bonds is 5. The third-order valence-electron chi connectivity index (χ3n) is 14.0. The minimum Gasteiger partial charge on any atom is -0.456 e. The van der Waals surface area contributed by atoms with E-state index in [0.29, 0.717) is 17.5 Å². The lowest BCUT2D eigenvalue weighted by atomic mass is 9.74. The van der Waals surface area contributed by atoms with Crippen LogP contribution in [0.25, 0.3) is 121 Å². The van der Waals surface area contributed by atoms with E-state index in [9.17, 15) is 0 Å². The van der Waals surface area contributed by atoms with Crippen molar-refractivity contribution in [2.24, 2.45) is 0 Å². The molecule has 1 aliphatic rings. The summed E-state index contributed by atoms with van der Waals surface area (Å²) in [5.41, 5.74) is 11.2. The highest BCUT2D eigenvalue weighted by atomic mass is 16.3. The highest BCUT2D eigenvalue weighted by Gasteiger charge is 2.28. The molecule has 0 fully saturated rings. The molecule has 13 aromatic rings. The van der Waals surface area contributed by atoms with Crippen molar-refractivity contribution in [1.29, 1.82) is 0 Å². The van der Waals surface area contributed by atoms with Gasteiger partial charge in [-0.05, 0) is 137 Å². The molecular weight excluding hydrogens is 803 g/mol. The maximum atomic E-state index is 6.87. The normalized spacial score (nSPS) is 13.6. The van der Waals surface area contributed by atoms with Crippen LogP contribution in [0.1, 0.15) is 22.6 Å². The summed E-state index contributed by atoms with van der Waals surface area (Å²) in [6, 6.07) is 74.4. The van der Waals surface area contributed by atoms with Gasteiger partial charge in [-0.25, -0.2) is 15.0 Å². The van der Waals surface area contributed by atoms with Gasteiger partial charge in [-0.1, -0.05) is 170 Å². The van der Waals surface area contributed by atoms with Crippen molar-refractivity contribution >= 4 is 75.8 Å². The van der Waals surface area contributed by atoms with Gasteiger partial charge in [-0.15, -0.1) is 0 Å². The quantitative estimate of drug-likeness (QED) is 0.162. The standard InChI is InChI=1S/C62H39N3O/c1-2-16-39-32-53-43(28-38(39)15-1)29-44(54-33-40-17-3-4-18-41(40)34-55(53)54)30-45-31-46(36-56-51-25-11-12-27-58(51)66-59(45)56)60-63-61(52-26-13-20-37-14-5-7-21-47(37)52)65-62(64-60)57-35-42-19-6-8-22-48(42)49-23-9-10-24-50(49)57/h1-28,31-36,44H,29-30H2. The van der Waals surface area contributed by atoms with Crippen LogP contribution in [0.4, 0.5) is 0 Å². The predicted molar refractivity (Wildman–Crippen MR) is 273 cm³/mol. The van der Waals surface area contributed by atoms with Crippen molar-refractivity contribution < 1.29 is 4.42 Å². The van der Waals surface area contributed by atoms with Crippen LogP contribution in [0.15, 0.2) is 211 Å². The molecular formula is C62H39N3O. The van der Waals surface area contributed by atoms with Crippen molar-refractivity contribution in [3.05, 3.63) is 223 Å². The molecule has 0 saturated heterocycles. The van der Waals surface area contributed by atoms with Crippen LogP contribution in [0.2, 0.25) is 0 Å². The number of hydrogen-bond acceptors (Lipinski definition) is 4. The molecule has 0 saturated carbocycles. The molecule has 0 N–H and O–H groups in total. The first-order chi connectivity index (χ1) is 32.7. The second kappa shape index (κ2) is 14.5. The molecule has 308 valence electrons. The molecule has 2 heterocycles. The van der Waals surface area contributed by atoms with Gasteiger partial charge < -0.3 is 4.42 Å². The molecule has 0 amide bonds. The van der Waals surface area contributed by atoms with Gasteiger partial charge in [0.25, 0.3) is 0 Å². The average Bonchev–Trinajstić information content (AvgIpc) is 3.76. The Morgan fingerprint density at radius 3 is 1.73 bits per heavy atom. The minimum absolute atomic E-state index is 0.189. The maximum absolute atomic E-state index is 6.87. The number of aromatic nitrogens is 3. The summed E-state index contributed by atoms with van der Waals surface area (Å²) < 4.78 is 6.87. The number of fused-ring (bicyclic) bond motifs is 12. The molecule has 2 aromatic heterocycles. The molecule has 0 aliphatic heterocycles. The monoisotopic (exact) mass is 841 g/mol. The van der Waals surface area contributed by atoms with Gasteiger partial charge in [0.15, 0.2) is 17.5 Å². The Morgan fingerprint density at radius 1 is 0.379 bits per heavy atom. The fraction of sp³-hybridized carbons (Fsp3) is 0.0484. The lowest BCUT2D eigenvalue weighted by molar-refractivity contribution is 0.639. The lowest BCUT2D eigenvalue weighted by Crippen LogP contribution is -2.14. The topological polar surface area (TPSA) is 51.8 Å². The highest BCUT2D eigenvalue weighted by Crippen LogP contribution is 2.46. The molecule has 1 atom stereocenters. The van der Waals surface area contributed by atoms with Gasteiger partial charge in [0.1, 0.15) is 11.2 Å². The van der Waals surface area contributed by atoms with Crippen LogP contribution >= 0.6 is 0 Å². The van der Waals surface area contributed by atoms with E-state index in [0.717, 1.165) is 78.6 Å². The molecule has 1 aliphatic carbocycles. The number of nitrogens with zero attached hydrogens (tertiary/aromatic N) is 3. The van der Waals surface area contributed by atoms with Crippen molar-refractivity contribution in [2.45, 2.75) is 18.8 Å². The molecule has 4 heteroatoms. The van der Waals surface area contributed by atoms with E-state index in [-0.39, 0.29) is 5.92 Å². The Hall–Kier alpha value is -8.47. The number of furan rings is 1. The van der Waals surface area contributed by atoms with E-state index in [1.54, 1.807) is 0 Å². The van der Waals surface area contributed by atoms with E-state index < -0.39 is 0 Å². The molecule has 1 unspecified atom stereocenters. The Balaban J connectivity index is 1.01. The van der Waals surface area contributed by atoms with Crippen molar-refractivity contribution in [3.8, 4) is 45.3 Å². The second-order valence-electron chi connectivity index (χ2n) is 17.9. The van der Waals surface area contributed by atoms with Gasteiger partial charge in [-0.3, -0.25) is 0 Å². The van der Waals surface area contributed by atoms with Crippen LogP contribution in [0.5, 0.6) is 0 Å². The first-order valence-electron chi connectivity index (χ1n) is 22.8. The van der Waals surface area contributed by atoms with E-state index in [2.05, 4.69) is 206 Å². The van der Waals surface area contributed by atoms with Crippen molar-refractivity contribution in [1.82, 2.24) is 15.0 Å². The zero-order valence-corrected chi connectivity index (χ0v) is 35.9. The Bertz CT molecular complexity index is 4140. The largest absolute Gasteiger partial charge is 0.456 e.